The fraction of sp³-hybridized carbons (Fsp3) is 0.222. The molecule has 0 aliphatic heterocycles. The summed E-state index contributed by atoms with van der Waals surface area (Å²) in [6.45, 7) is 1.02. The lowest BCUT2D eigenvalue weighted by Crippen LogP contribution is -2.13. The number of nitrogens with two attached hydrogens (primary N) is 1. The number of oxazole rings is 1. The second-order valence-corrected chi connectivity index (χ2v) is 2.82. The molecule has 4 nitrogen and oxygen atoms in total. The van der Waals surface area contributed by atoms with Crippen LogP contribution in [0, 0.1) is 5.82 Å². The molecule has 1 aromatic carbocycles. The summed E-state index contributed by atoms with van der Waals surface area (Å²) >= 11 is 0. The lowest BCUT2D eigenvalue weighted by atomic mass is 10.3. The van der Waals surface area contributed by atoms with E-state index in [1.165, 1.54) is 6.07 Å². The van der Waals surface area contributed by atoms with Crippen molar-refractivity contribution in [1.29, 1.82) is 0 Å². The van der Waals surface area contributed by atoms with Crippen LogP contribution in [0.15, 0.2) is 22.6 Å². The van der Waals surface area contributed by atoms with E-state index in [2.05, 4.69) is 10.3 Å². The van der Waals surface area contributed by atoms with E-state index in [4.69, 9.17) is 10.2 Å². The molecule has 0 saturated carbocycles. The zero-order valence-electron chi connectivity index (χ0n) is 7.46. The molecule has 2 rings (SSSR count). The first kappa shape index (κ1) is 8.96. The van der Waals surface area contributed by atoms with Crippen LogP contribution in [0.2, 0.25) is 0 Å². The van der Waals surface area contributed by atoms with Gasteiger partial charge in [-0.15, -0.1) is 0 Å². The zero-order valence-corrected chi connectivity index (χ0v) is 7.46. The summed E-state index contributed by atoms with van der Waals surface area (Å²) in [5, 5.41) is 2.84. The summed E-state index contributed by atoms with van der Waals surface area (Å²) in [6, 6.07) is 4.89. The molecule has 1 aromatic heterocycles. The van der Waals surface area contributed by atoms with E-state index < -0.39 is 0 Å². The van der Waals surface area contributed by atoms with Crippen LogP contribution >= 0.6 is 0 Å². The van der Waals surface area contributed by atoms with E-state index in [9.17, 15) is 4.39 Å². The highest BCUT2D eigenvalue weighted by Crippen LogP contribution is 2.20. The average Bonchev–Trinajstić information content (AvgIpc) is 2.59. The first-order valence-electron chi connectivity index (χ1n) is 4.30. The third kappa shape index (κ3) is 1.54. The van der Waals surface area contributed by atoms with Crippen LogP contribution in [-0.2, 0) is 0 Å². The zero-order chi connectivity index (χ0) is 9.97. The molecule has 5 heteroatoms. The van der Waals surface area contributed by atoms with Crippen molar-refractivity contribution in [2.45, 2.75) is 0 Å². The highest BCUT2D eigenvalue weighted by atomic mass is 19.1. The van der Waals surface area contributed by atoms with Crippen molar-refractivity contribution in [3.8, 4) is 0 Å². The van der Waals surface area contributed by atoms with E-state index >= 15 is 0 Å². The molecule has 2 aromatic rings. The molecular weight excluding hydrogens is 185 g/mol. The van der Waals surface area contributed by atoms with Crippen molar-refractivity contribution in [2.75, 3.05) is 18.4 Å². The normalized spacial score (nSPS) is 10.7. The Morgan fingerprint density at radius 2 is 2.36 bits per heavy atom. The van der Waals surface area contributed by atoms with Gasteiger partial charge in [0.25, 0.3) is 6.01 Å². The molecule has 0 spiro atoms. The van der Waals surface area contributed by atoms with Gasteiger partial charge in [-0.05, 0) is 12.1 Å². The fourth-order valence-corrected chi connectivity index (χ4v) is 1.17. The van der Waals surface area contributed by atoms with Crippen LogP contribution < -0.4 is 11.1 Å². The number of benzene rings is 1. The molecule has 0 atom stereocenters. The number of rotatable bonds is 3. The monoisotopic (exact) mass is 195 g/mol. The topological polar surface area (TPSA) is 64.1 Å². The van der Waals surface area contributed by atoms with Gasteiger partial charge in [0.2, 0.25) is 0 Å². The van der Waals surface area contributed by atoms with Gasteiger partial charge in [-0.1, -0.05) is 6.07 Å². The average molecular weight is 195 g/mol. The van der Waals surface area contributed by atoms with Crippen molar-refractivity contribution in [2.24, 2.45) is 5.73 Å². The van der Waals surface area contributed by atoms with Gasteiger partial charge < -0.3 is 15.5 Å². The molecular formula is C9H10FN3O. The molecule has 0 bridgehead atoms. The summed E-state index contributed by atoms with van der Waals surface area (Å²) in [7, 11) is 0. The van der Waals surface area contributed by atoms with Gasteiger partial charge in [0.15, 0.2) is 11.4 Å². The Kier molecular flexibility index (Phi) is 2.32. The summed E-state index contributed by atoms with van der Waals surface area (Å²) in [5.74, 6) is -0.382. The van der Waals surface area contributed by atoms with Crippen LogP contribution in [0.25, 0.3) is 11.1 Å². The minimum absolute atomic E-state index is 0.243. The van der Waals surface area contributed by atoms with Gasteiger partial charge in [-0.3, -0.25) is 0 Å². The Morgan fingerprint density at radius 3 is 3.07 bits per heavy atom. The number of nitrogens with zero attached hydrogens (tertiary/aromatic N) is 1. The maximum absolute atomic E-state index is 13.1. The number of hydrogen-bond donors (Lipinski definition) is 2. The lowest BCUT2D eigenvalue weighted by Gasteiger charge is -1.95. The molecule has 0 saturated heterocycles. The maximum Gasteiger partial charge on any atom is 0.295 e. The first-order valence-corrected chi connectivity index (χ1v) is 4.30. The number of fused-ring (bicyclic) bond motifs is 1. The number of hydrogen-bond acceptors (Lipinski definition) is 4. The van der Waals surface area contributed by atoms with E-state index in [1.807, 2.05) is 0 Å². The molecule has 74 valence electrons. The largest absolute Gasteiger partial charge is 0.423 e. The van der Waals surface area contributed by atoms with Crippen LogP contribution in [-0.4, -0.2) is 18.1 Å². The standard InChI is InChI=1S/C9H10FN3O/c10-6-2-1-3-7-8(6)13-9(14-7)12-5-4-11/h1-3H,4-5,11H2,(H,12,13). The summed E-state index contributed by atoms with van der Waals surface area (Å²) in [4.78, 5) is 3.94. The highest BCUT2D eigenvalue weighted by Gasteiger charge is 2.08. The van der Waals surface area contributed by atoms with Crippen LogP contribution in [0.3, 0.4) is 0 Å². The first-order chi connectivity index (χ1) is 6.81. The van der Waals surface area contributed by atoms with Gasteiger partial charge in [-0.2, -0.15) is 4.98 Å². The SMILES string of the molecule is NCCNc1nc2c(F)cccc2o1. The second-order valence-electron chi connectivity index (χ2n) is 2.82. The van der Waals surface area contributed by atoms with Crippen molar-refractivity contribution < 1.29 is 8.81 Å². The Labute approximate surface area is 79.9 Å². The van der Waals surface area contributed by atoms with Crippen LogP contribution in [0.4, 0.5) is 10.4 Å². The van der Waals surface area contributed by atoms with Crippen molar-refractivity contribution in [3.05, 3.63) is 24.0 Å². The fourth-order valence-electron chi connectivity index (χ4n) is 1.17. The summed E-state index contributed by atoms with van der Waals surface area (Å²) in [5.41, 5.74) is 5.97. The van der Waals surface area contributed by atoms with Gasteiger partial charge >= 0.3 is 0 Å². The van der Waals surface area contributed by atoms with E-state index in [0.29, 0.717) is 24.7 Å². The van der Waals surface area contributed by atoms with E-state index in [0.717, 1.165) is 0 Å². The van der Waals surface area contributed by atoms with Crippen molar-refractivity contribution in [1.82, 2.24) is 4.98 Å². The lowest BCUT2D eigenvalue weighted by molar-refractivity contribution is 0.613. The molecule has 1 heterocycles. The molecule has 0 unspecified atom stereocenters. The number of anilines is 1. The molecule has 0 radical (unpaired) electrons. The molecule has 0 amide bonds. The predicted octanol–water partition coefficient (Wildman–Crippen LogP) is 1.34. The summed E-state index contributed by atoms with van der Waals surface area (Å²) < 4.78 is 18.4. The minimum Gasteiger partial charge on any atom is -0.423 e. The number of aromatic nitrogens is 1. The van der Waals surface area contributed by atoms with Crippen LogP contribution in [0.1, 0.15) is 0 Å². The van der Waals surface area contributed by atoms with Crippen molar-refractivity contribution >= 4 is 17.1 Å². The number of nitrogens with one attached hydrogen (secondary N) is 1. The highest BCUT2D eigenvalue weighted by molar-refractivity contribution is 5.74. The molecule has 14 heavy (non-hydrogen) atoms. The summed E-state index contributed by atoms with van der Waals surface area (Å²) in [6.07, 6.45) is 0. The smallest absolute Gasteiger partial charge is 0.295 e. The molecule has 0 aliphatic rings. The van der Waals surface area contributed by atoms with Gasteiger partial charge in [-0.25, -0.2) is 4.39 Å². The molecule has 0 aliphatic carbocycles. The predicted molar refractivity (Wildman–Crippen MR) is 51.5 cm³/mol. The van der Waals surface area contributed by atoms with Gasteiger partial charge in [0, 0.05) is 13.1 Å². The number of halogens is 1. The second kappa shape index (κ2) is 3.63. The van der Waals surface area contributed by atoms with E-state index in [1.54, 1.807) is 12.1 Å². The molecule has 3 N–H and O–H groups in total. The third-order valence-electron chi connectivity index (χ3n) is 1.79. The third-order valence-corrected chi connectivity index (χ3v) is 1.79. The van der Waals surface area contributed by atoms with Gasteiger partial charge in [0.1, 0.15) is 5.52 Å². The van der Waals surface area contributed by atoms with Crippen molar-refractivity contribution in [3.63, 3.8) is 0 Å². The van der Waals surface area contributed by atoms with E-state index in [-0.39, 0.29) is 11.3 Å². The minimum atomic E-state index is -0.382. The van der Waals surface area contributed by atoms with Gasteiger partial charge in [0.05, 0.1) is 0 Å². The Balaban J connectivity index is 2.36. The Hall–Kier alpha value is -1.62. The molecule has 0 fully saturated rings. The quantitative estimate of drug-likeness (QED) is 0.775. The Bertz CT molecular complexity index is 441. The Morgan fingerprint density at radius 1 is 1.50 bits per heavy atom. The van der Waals surface area contributed by atoms with Crippen LogP contribution in [0.5, 0.6) is 0 Å². The number of para-hydroxylation sites is 1. The maximum atomic E-state index is 13.1.